The zero-order chi connectivity index (χ0) is 17.8. The smallest absolute Gasteiger partial charge is 0.243 e. The monoisotopic (exact) mass is 385 g/mol. The molecule has 0 bridgehead atoms. The lowest BCUT2D eigenvalue weighted by molar-refractivity contribution is 0.297. The molecule has 4 rings (SSSR count). The van der Waals surface area contributed by atoms with E-state index in [1.807, 2.05) is 30.3 Å². The molecule has 0 spiro atoms. The Kier molecular flexibility index (Phi) is 4.98. The summed E-state index contributed by atoms with van der Waals surface area (Å²) in [6.07, 6.45) is 6.36. The Balaban J connectivity index is 1.68. The number of rotatable bonds is 6. The van der Waals surface area contributed by atoms with Gasteiger partial charge in [0.05, 0.1) is 4.90 Å². The molecule has 0 atom stereocenters. The molecule has 9 heteroatoms. The second kappa shape index (κ2) is 7.71. The van der Waals surface area contributed by atoms with Gasteiger partial charge in [-0.05, 0) is 23.4 Å². The van der Waals surface area contributed by atoms with Crippen molar-refractivity contribution in [2.75, 3.05) is 0 Å². The second-order valence-corrected chi connectivity index (χ2v) is 6.71. The van der Waals surface area contributed by atoms with Crippen LogP contribution >= 0.6 is 24.1 Å². The predicted molar refractivity (Wildman–Crippen MR) is 98.6 cm³/mol. The summed E-state index contributed by atoms with van der Waals surface area (Å²) in [4.78, 5) is 17.6. The number of benzene rings is 1. The molecule has 0 N–H and O–H groups in total. The predicted octanol–water partition coefficient (Wildman–Crippen LogP) is 4.33. The van der Waals surface area contributed by atoms with Gasteiger partial charge in [-0.1, -0.05) is 30.3 Å². The number of ether oxygens (including phenoxy) is 1. The molecule has 1 aromatic carbocycles. The van der Waals surface area contributed by atoms with E-state index in [1.54, 1.807) is 24.7 Å². The fraction of sp³-hybridized carbons (Fsp3) is 0.0588. The van der Waals surface area contributed by atoms with Crippen LogP contribution in [0, 0.1) is 0 Å². The van der Waals surface area contributed by atoms with E-state index in [0.29, 0.717) is 28.7 Å². The number of nitrogens with zero attached hydrogens (tertiary/aromatic N) is 5. The highest BCUT2D eigenvalue weighted by Crippen LogP contribution is 2.37. The van der Waals surface area contributed by atoms with Crippen LogP contribution in [0.5, 0.6) is 5.88 Å². The summed E-state index contributed by atoms with van der Waals surface area (Å²) >= 11 is 1.38. The van der Waals surface area contributed by atoms with Gasteiger partial charge in [0, 0.05) is 18.6 Å². The van der Waals surface area contributed by atoms with Gasteiger partial charge in [-0.2, -0.15) is 4.98 Å². The fourth-order valence-electron chi connectivity index (χ4n) is 2.37. The van der Waals surface area contributed by atoms with Crippen LogP contribution in [-0.2, 0) is 6.61 Å². The van der Waals surface area contributed by atoms with Gasteiger partial charge in [-0.25, -0.2) is 15.0 Å². The SMILES string of the molecule is FSn1cc(Sc2ncccn2)c2ncnc(OCc3ccccc3)c21. The summed E-state index contributed by atoms with van der Waals surface area (Å²) in [5.74, 6) is 0.324. The lowest BCUT2D eigenvalue weighted by Crippen LogP contribution is -1.99. The Morgan fingerprint density at radius 3 is 2.58 bits per heavy atom. The summed E-state index contributed by atoms with van der Waals surface area (Å²) in [6.45, 7) is 0.333. The van der Waals surface area contributed by atoms with Crippen molar-refractivity contribution in [1.29, 1.82) is 0 Å². The van der Waals surface area contributed by atoms with Crippen molar-refractivity contribution in [3.05, 3.63) is 66.9 Å². The van der Waals surface area contributed by atoms with Crippen molar-refractivity contribution in [3.8, 4) is 5.88 Å². The Morgan fingerprint density at radius 1 is 1.00 bits per heavy atom. The fourth-order valence-corrected chi connectivity index (χ4v) is 3.64. The first kappa shape index (κ1) is 16.8. The first-order valence-electron chi connectivity index (χ1n) is 7.62. The molecular formula is C17H12FN5OS2. The standard InChI is InChI=1S/C17H12FN5OS2/c18-26-23-9-13(25-17-19-7-4-8-20-17)14-15(23)16(22-11-21-14)24-10-12-5-2-1-3-6-12/h1-9,11H,10H2. The summed E-state index contributed by atoms with van der Waals surface area (Å²) < 4.78 is 20.6. The molecule has 26 heavy (non-hydrogen) atoms. The van der Waals surface area contributed by atoms with Crippen molar-refractivity contribution in [2.24, 2.45) is 0 Å². The molecule has 0 fully saturated rings. The van der Waals surface area contributed by atoms with Crippen molar-refractivity contribution in [1.82, 2.24) is 23.9 Å². The van der Waals surface area contributed by atoms with Gasteiger partial charge >= 0.3 is 0 Å². The minimum Gasteiger partial charge on any atom is -0.471 e. The van der Waals surface area contributed by atoms with Gasteiger partial charge < -0.3 is 4.74 Å². The van der Waals surface area contributed by atoms with E-state index in [0.717, 1.165) is 10.5 Å². The van der Waals surface area contributed by atoms with Crippen LogP contribution in [0.15, 0.2) is 71.4 Å². The molecule has 0 aliphatic carbocycles. The van der Waals surface area contributed by atoms with Gasteiger partial charge in [0.1, 0.15) is 24.0 Å². The highest BCUT2D eigenvalue weighted by atomic mass is 32.2. The maximum atomic E-state index is 13.5. The summed E-state index contributed by atoms with van der Waals surface area (Å²) in [5.41, 5.74) is 2.07. The van der Waals surface area contributed by atoms with E-state index in [-0.39, 0.29) is 12.3 Å². The van der Waals surface area contributed by atoms with Crippen LogP contribution in [0.3, 0.4) is 0 Å². The maximum absolute atomic E-state index is 13.5. The van der Waals surface area contributed by atoms with Gasteiger partial charge in [0.2, 0.25) is 5.88 Å². The molecule has 4 aromatic rings. The summed E-state index contributed by atoms with van der Waals surface area (Å²) in [7, 11) is 0. The third kappa shape index (κ3) is 3.49. The van der Waals surface area contributed by atoms with E-state index in [2.05, 4.69) is 19.9 Å². The van der Waals surface area contributed by atoms with Crippen LogP contribution in [0.2, 0.25) is 0 Å². The molecule has 0 radical (unpaired) electrons. The average Bonchev–Trinajstić information content (AvgIpc) is 3.06. The Labute approximate surface area is 157 Å². The zero-order valence-electron chi connectivity index (χ0n) is 13.3. The van der Waals surface area contributed by atoms with Crippen molar-refractivity contribution in [3.63, 3.8) is 0 Å². The molecule has 3 heterocycles. The van der Waals surface area contributed by atoms with Crippen molar-refractivity contribution in [2.45, 2.75) is 16.7 Å². The molecule has 130 valence electrons. The van der Waals surface area contributed by atoms with Crippen LogP contribution in [0.4, 0.5) is 3.89 Å². The zero-order valence-corrected chi connectivity index (χ0v) is 15.0. The number of halogens is 1. The highest BCUT2D eigenvalue weighted by Gasteiger charge is 2.18. The lowest BCUT2D eigenvalue weighted by Gasteiger charge is -2.07. The second-order valence-electron chi connectivity index (χ2n) is 5.17. The van der Waals surface area contributed by atoms with Gasteiger partial charge in [0.15, 0.2) is 17.5 Å². The number of hydrogen-bond acceptors (Lipinski definition) is 7. The Bertz CT molecular complexity index is 1010. The molecule has 0 saturated heterocycles. The number of hydrogen-bond donors (Lipinski definition) is 0. The molecule has 0 aliphatic rings. The quantitative estimate of drug-likeness (QED) is 0.458. The lowest BCUT2D eigenvalue weighted by atomic mass is 10.2. The van der Waals surface area contributed by atoms with Crippen LogP contribution in [0.25, 0.3) is 11.0 Å². The third-order valence-electron chi connectivity index (χ3n) is 3.51. The largest absolute Gasteiger partial charge is 0.471 e. The molecule has 0 amide bonds. The highest BCUT2D eigenvalue weighted by molar-refractivity contribution is 7.99. The first-order chi connectivity index (χ1) is 12.8. The molecule has 0 unspecified atom stereocenters. The topological polar surface area (TPSA) is 65.7 Å². The summed E-state index contributed by atoms with van der Waals surface area (Å²) in [6, 6.07) is 11.4. The number of aromatic nitrogens is 5. The van der Waals surface area contributed by atoms with E-state index >= 15 is 0 Å². The minimum absolute atomic E-state index is 0.0680. The maximum Gasteiger partial charge on any atom is 0.243 e. The normalized spacial score (nSPS) is 11.0. The van der Waals surface area contributed by atoms with E-state index in [1.165, 1.54) is 22.1 Å². The van der Waals surface area contributed by atoms with Gasteiger partial charge in [-0.15, -0.1) is 3.89 Å². The average molecular weight is 385 g/mol. The van der Waals surface area contributed by atoms with E-state index < -0.39 is 0 Å². The first-order valence-corrected chi connectivity index (χ1v) is 9.11. The van der Waals surface area contributed by atoms with E-state index in [9.17, 15) is 3.89 Å². The molecule has 0 saturated carbocycles. The van der Waals surface area contributed by atoms with Crippen molar-refractivity contribution < 1.29 is 8.62 Å². The van der Waals surface area contributed by atoms with Crippen LogP contribution in [0.1, 0.15) is 5.56 Å². The molecule has 0 aliphatic heterocycles. The van der Waals surface area contributed by atoms with Crippen molar-refractivity contribution >= 4 is 35.1 Å². The molecule has 3 aromatic heterocycles. The molecule has 6 nitrogen and oxygen atoms in total. The van der Waals surface area contributed by atoms with Crippen LogP contribution in [-0.4, -0.2) is 23.9 Å². The number of fused-ring (bicyclic) bond motifs is 1. The summed E-state index contributed by atoms with van der Waals surface area (Å²) in [5, 5.41) is 0.556. The Morgan fingerprint density at radius 2 is 1.81 bits per heavy atom. The van der Waals surface area contributed by atoms with Gasteiger partial charge in [0.25, 0.3) is 0 Å². The van der Waals surface area contributed by atoms with Gasteiger partial charge in [-0.3, -0.25) is 3.97 Å². The minimum atomic E-state index is 0.0680. The molecular weight excluding hydrogens is 373 g/mol. The van der Waals surface area contributed by atoms with E-state index in [4.69, 9.17) is 4.74 Å². The van der Waals surface area contributed by atoms with Crippen LogP contribution < -0.4 is 4.74 Å². The third-order valence-corrected chi connectivity index (χ3v) is 4.86. The Hall–Kier alpha value is -2.65.